The third-order valence-corrected chi connectivity index (χ3v) is 4.91. The highest BCUT2D eigenvalue weighted by atomic mass is 16.5. The molecule has 0 fully saturated rings. The predicted molar refractivity (Wildman–Crippen MR) is 100 cm³/mol. The van der Waals surface area contributed by atoms with Gasteiger partial charge >= 0.3 is 5.63 Å². The second-order valence-electron chi connectivity index (χ2n) is 6.34. The average Bonchev–Trinajstić information content (AvgIpc) is 3.11. The summed E-state index contributed by atoms with van der Waals surface area (Å²) < 4.78 is 11.2. The minimum atomic E-state index is -0.671. The smallest absolute Gasteiger partial charge is 0.344 e. The number of benzene rings is 2. The highest BCUT2D eigenvalue weighted by Crippen LogP contribution is 2.45. The van der Waals surface area contributed by atoms with Crippen molar-refractivity contribution in [3.05, 3.63) is 87.7 Å². The van der Waals surface area contributed by atoms with Crippen LogP contribution in [0.15, 0.2) is 75.4 Å². The van der Waals surface area contributed by atoms with Gasteiger partial charge in [-0.2, -0.15) is 5.26 Å². The highest BCUT2D eigenvalue weighted by Gasteiger charge is 2.36. The number of fused-ring (bicyclic) bond motifs is 4. The van der Waals surface area contributed by atoms with Gasteiger partial charge in [-0.1, -0.05) is 30.3 Å². The van der Waals surface area contributed by atoms with Gasteiger partial charge in [-0.3, -0.25) is 0 Å². The number of aromatic amines is 1. The number of H-pyrrole nitrogens is 1. The van der Waals surface area contributed by atoms with Gasteiger partial charge in [0.25, 0.3) is 0 Å². The van der Waals surface area contributed by atoms with Gasteiger partial charge in [0, 0.05) is 17.1 Å². The van der Waals surface area contributed by atoms with Crippen LogP contribution in [0.1, 0.15) is 17.0 Å². The van der Waals surface area contributed by atoms with Gasteiger partial charge in [-0.15, -0.1) is 0 Å². The summed E-state index contributed by atoms with van der Waals surface area (Å²) in [6.07, 6.45) is 1.80. The van der Waals surface area contributed by atoms with Crippen molar-refractivity contribution in [2.24, 2.45) is 5.73 Å². The van der Waals surface area contributed by atoms with Crippen LogP contribution in [0.2, 0.25) is 0 Å². The Morgan fingerprint density at radius 3 is 2.63 bits per heavy atom. The summed E-state index contributed by atoms with van der Waals surface area (Å²) in [5.41, 5.74) is 8.10. The van der Waals surface area contributed by atoms with Crippen LogP contribution in [0.4, 0.5) is 0 Å². The second-order valence-corrected chi connectivity index (χ2v) is 6.34. The lowest BCUT2D eigenvalue weighted by Gasteiger charge is -2.25. The minimum absolute atomic E-state index is 0.00367. The highest BCUT2D eigenvalue weighted by molar-refractivity contribution is 5.89. The number of hydrogen-bond donors (Lipinski definition) is 2. The Hall–Kier alpha value is -3.98. The molecule has 0 radical (unpaired) electrons. The molecule has 0 bridgehead atoms. The summed E-state index contributed by atoms with van der Waals surface area (Å²) in [6, 6.07) is 16.9. The van der Waals surface area contributed by atoms with Crippen molar-refractivity contribution < 1.29 is 9.15 Å². The molecule has 1 aliphatic rings. The van der Waals surface area contributed by atoms with Crippen molar-refractivity contribution in [2.75, 3.05) is 0 Å². The molecule has 0 saturated heterocycles. The van der Waals surface area contributed by atoms with Gasteiger partial charge in [0.2, 0.25) is 5.88 Å². The lowest BCUT2D eigenvalue weighted by Crippen LogP contribution is -2.26. The maximum Gasteiger partial charge on any atom is 0.344 e. The average molecular weight is 355 g/mol. The number of nitrogens with one attached hydrogen (secondary N) is 1. The maximum absolute atomic E-state index is 12.9. The molecule has 130 valence electrons. The fourth-order valence-electron chi connectivity index (χ4n) is 3.71. The van der Waals surface area contributed by atoms with E-state index in [4.69, 9.17) is 14.9 Å². The molecule has 2 aromatic carbocycles. The fourth-order valence-corrected chi connectivity index (χ4v) is 3.71. The Labute approximate surface area is 153 Å². The number of nitriles is 1. The summed E-state index contributed by atoms with van der Waals surface area (Å²) in [4.78, 5) is 16.0. The molecule has 1 atom stereocenters. The van der Waals surface area contributed by atoms with E-state index in [0.29, 0.717) is 16.7 Å². The van der Waals surface area contributed by atoms with E-state index in [1.165, 1.54) is 0 Å². The van der Waals surface area contributed by atoms with E-state index in [2.05, 4.69) is 11.1 Å². The SMILES string of the molecule is N#CC1=C(N)Oc2c(c(=O)oc3ccccc23)[C@@H]1c1c[nH]c2ccccc12. The van der Waals surface area contributed by atoms with Gasteiger partial charge in [-0.25, -0.2) is 4.79 Å². The van der Waals surface area contributed by atoms with Crippen molar-refractivity contribution >= 4 is 21.9 Å². The Morgan fingerprint density at radius 1 is 1.07 bits per heavy atom. The number of nitrogens with zero attached hydrogens (tertiary/aromatic N) is 1. The minimum Gasteiger partial charge on any atom is -0.439 e. The zero-order chi connectivity index (χ0) is 18.5. The van der Waals surface area contributed by atoms with Crippen LogP contribution in [0.5, 0.6) is 5.75 Å². The van der Waals surface area contributed by atoms with Crippen LogP contribution >= 0.6 is 0 Å². The number of allylic oxidation sites excluding steroid dienone is 1. The van der Waals surface area contributed by atoms with Gasteiger partial charge in [-0.05, 0) is 23.8 Å². The molecule has 3 N–H and O–H groups in total. The van der Waals surface area contributed by atoms with Crippen LogP contribution in [-0.4, -0.2) is 4.98 Å². The van der Waals surface area contributed by atoms with E-state index in [1.807, 2.05) is 30.3 Å². The van der Waals surface area contributed by atoms with Crippen LogP contribution in [0.3, 0.4) is 0 Å². The number of ether oxygens (including phenoxy) is 1. The molecule has 1 aliphatic heterocycles. The lowest BCUT2D eigenvalue weighted by atomic mass is 9.83. The van der Waals surface area contributed by atoms with Crippen molar-refractivity contribution in [3.8, 4) is 11.8 Å². The van der Waals surface area contributed by atoms with Crippen LogP contribution < -0.4 is 16.1 Å². The van der Waals surface area contributed by atoms with E-state index in [0.717, 1.165) is 16.5 Å². The molecule has 27 heavy (non-hydrogen) atoms. The largest absolute Gasteiger partial charge is 0.439 e. The molecular formula is C21H13N3O3. The zero-order valence-corrected chi connectivity index (χ0v) is 14.0. The summed E-state index contributed by atoms with van der Waals surface area (Å²) in [5.74, 6) is -0.333. The summed E-state index contributed by atoms with van der Waals surface area (Å²) in [5, 5.41) is 11.3. The number of hydrogen-bond acceptors (Lipinski definition) is 5. The fraction of sp³-hybridized carbons (Fsp3) is 0.0476. The van der Waals surface area contributed by atoms with Crippen LogP contribution in [-0.2, 0) is 0 Å². The summed E-state index contributed by atoms with van der Waals surface area (Å²) >= 11 is 0. The van der Waals surface area contributed by atoms with Crippen molar-refractivity contribution in [3.63, 3.8) is 0 Å². The third kappa shape index (κ3) is 2.09. The van der Waals surface area contributed by atoms with Crippen LogP contribution in [0.25, 0.3) is 21.9 Å². The van der Waals surface area contributed by atoms with Gasteiger partial charge < -0.3 is 19.9 Å². The van der Waals surface area contributed by atoms with E-state index in [9.17, 15) is 10.1 Å². The molecule has 6 heteroatoms. The number of rotatable bonds is 1. The molecular weight excluding hydrogens is 342 g/mol. The van der Waals surface area contributed by atoms with Crippen molar-refractivity contribution in [1.29, 1.82) is 5.26 Å². The normalized spacial score (nSPS) is 16.2. The van der Waals surface area contributed by atoms with Gasteiger partial charge in [0.15, 0.2) is 5.75 Å². The molecule has 0 amide bonds. The van der Waals surface area contributed by atoms with E-state index >= 15 is 0 Å². The monoisotopic (exact) mass is 355 g/mol. The quantitative estimate of drug-likeness (QED) is 0.509. The van der Waals surface area contributed by atoms with Gasteiger partial charge in [0.1, 0.15) is 17.2 Å². The van der Waals surface area contributed by atoms with E-state index in [-0.39, 0.29) is 17.0 Å². The first-order valence-corrected chi connectivity index (χ1v) is 8.38. The molecule has 4 aromatic rings. The predicted octanol–water partition coefficient (Wildman–Crippen LogP) is 3.49. The molecule has 0 unspecified atom stereocenters. The Kier molecular flexibility index (Phi) is 3.12. The molecule has 0 spiro atoms. The summed E-state index contributed by atoms with van der Waals surface area (Å²) in [6.45, 7) is 0. The molecule has 2 aromatic heterocycles. The lowest BCUT2D eigenvalue weighted by molar-refractivity contribution is 0.388. The first kappa shape index (κ1) is 15.3. The molecule has 0 saturated carbocycles. The Bertz CT molecular complexity index is 1350. The number of aromatic nitrogens is 1. The standard InChI is InChI=1S/C21H13N3O3/c22-9-13-17(14-10-24-15-7-3-1-5-11(14)15)18-19(27-20(13)23)12-6-2-4-8-16(12)26-21(18)25/h1-8,10,17,24H,23H2/t17-/m0/s1. The first-order valence-electron chi connectivity index (χ1n) is 8.38. The van der Waals surface area contributed by atoms with Crippen molar-refractivity contribution in [1.82, 2.24) is 4.98 Å². The number of nitrogens with two attached hydrogens (primary N) is 1. The third-order valence-electron chi connectivity index (χ3n) is 4.91. The Morgan fingerprint density at radius 2 is 1.81 bits per heavy atom. The Balaban J connectivity index is 1.90. The van der Waals surface area contributed by atoms with Crippen molar-refractivity contribution in [2.45, 2.75) is 5.92 Å². The van der Waals surface area contributed by atoms with E-state index < -0.39 is 11.5 Å². The molecule has 3 heterocycles. The van der Waals surface area contributed by atoms with Crippen LogP contribution in [0, 0.1) is 11.3 Å². The summed E-state index contributed by atoms with van der Waals surface area (Å²) in [7, 11) is 0. The molecule has 0 aliphatic carbocycles. The number of para-hydroxylation sites is 2. The first-order chi connectivity index (χ1) is 13.2. The topological polar surface area (TPSA) is 105 Å². The van der Waals surface area contributed by atoms with E-state index in [1.54, 1.807) is 24.4 Å². The second kappa shape index (κ2) is 5.51. The molecule has 6 nitrogen and oxygen atoms in total. The van der Waals surface area contributed by atoms with Gasteiger partial charge in [0.05, 0.1) is 16.9 Å². The zero-order valence-electron chi connectivity index (χ0n) is 14.0. The maximum atomic E-state index is 12.9. The molecule has 5 rings (SSSR count).